The molecule has 0 unspecified atom stereocenters. The van der Waals surface area contributed by atoms with Crippen LogP contribution in [-0.4, -0.2) is 24.9 Å². The zero-order chi connectivity index (χ0) is 12.4. The maximum absolute atomic E-state index is 10.5. The number of hydrazine groups is 1. The van der Waals surface area contributed by atoms with Crippen LogP contribution >= 0.6 is 22.9 Å². The van der Waals surface area contributed by atoms with Crippen molar-refractivity contribution in [2.75, 3.05) is 5.43 Å². The summed E-state index contributed by atoms with van der Waals surface area (Å²) in [6.45, 7) is 0.243. The molecule has 0 fully saturated rings. The Bertz CT molecular complexity index is 552. The molecule has 11 heteroatoms. The van der Waals surface area contributed by atoms with E-state index >= 15 is 0 Å². The summed E-state index contributed by atoms with van der Waals surface area (Å²) in [7, 11) is 0. The Morgan fingerprint density at radius 3 is 2.94 bits per heavy atom. The van der Waals surface area contributed by atoms with E-state index in [1.165, 1.54) is 22.2 Å². The van der Waals surface area contributed by atoms with Crippen molar-refractivity contribution in [3.05, 3.63) is 26.3 Å². The second-order valence-electron chi connectivity index (χ2n) is 2.90. The van der Waals surface area contributed by atoms with Crippen LogP contribution in [0.15, 0.2) is 6.20 Å². The minimum Gasteiger partial charge on any atom is -0.358 e. The second-order valence-corrected chi connectivity index (χ2v) is 4.37. The molecule has 3 N–H and O–H groups in total. The fourth-order valence-corrected chi connectivity index (χ4v) is 1.97. The number of nitrogens with two attached hydrogens (primary N) is 1. The zero-order valence-corrected chi connectivity index (χ0v) is 9.77. The van der Waals surface area contributed by atoms with E-state index in [1.54, 1.807) is 0 Å². The molecule has 0 bridgehead atoms. The van der Waals surface area contributed by atoms with Crippen LogP contribution in [0.1, 0.15) is 5.01 Å². The summed E-state index contributed by atoms with van der Waals surface area (Å²) in [5.41, 5.74) is 2.35. The third-order valence-electron chi connectivity index (χ3n) is 1.76. The van der Waals surface area contributed by atoms with Gasteiger partial charge in [-0.15, -0.1) is 10.2 Å². The van der Waals surface area contributed by atoms with Crippen molar-refractivity contribution in [3.63, 3.8) is 0 Å². The van der Waals surface area contributed by atoms with E-state index in [4.69, 9.17) is 17.4 Å². The molecule has 2 aromatic rings. The SMILES string of the molecule is NNc1nnc(Cn2cc(Cl)c([N+](=O)[O-])n2)s1. The van der Waals surface area contributed by atoms with Crippen LogP contribution in [0.25, 0.3) is 0 Å². The number of nitrogens with one attached hydrogen (secondary N) is 1. The van der Waals surface area contributed by atoms with Crippen molar-refractivity contribution in [1.82, 2.24) is 20.0 Å². The van der Waals surface area contributed by atoms with Crippen molar-refractivity contribution in [2.45, 2.75) is 6.54 Å². The lowest BCUT2D eigenvalue weighted by molar-refractivity contribution is -0.389. The minimum absolute atomic E-state index is 0.0170. The van der Waals surface area contributed by atoms with Gasteiger partial charge in [0.1, 0.15) is 11.6 Å². The van der Waals surface area contributed by atoms with Gasteiger partial charge in [0.2, 0.25) is 5.13 Å². The molecule has 2 heterocycles. The van der Waals surface area contributed by atoms with Gasteiger partial charge in [-0.25, -0.2) is 5.84 Å². The van der Waals surface area contributed by atoms with Gasteiger partial charge in [-0.3, -0.25) is 5.43 Å². The van der Waals surface area contributed by atoms with E-state index < -0.39 is 4.92 Å². The number of hydrogen-bond acceptors (Lipinski definition) is 8. The summed E-state index contributed by atoms with van der Waals surface area (Å²) in [6, 6.07) is 0. The molecular formula is C6H6ClN7O2S. The van der Waals surface area contributed by atoms with Gasteiger partial charge in [-0.1, -0.05) is 22.9 Å². The maximum Gasteiger partial charge on any atom is 0.408 e. The number of nitro groups is 1. The predicted octanol–water partition coefficient (Wildman–Crippen LogP) is 0.630. The summed E-state index contributed by atoms with van der Waals surface area (Å²) >= 11 is 6.87. The molecule has 0 radical (unpaired) electrons. The summed E-state index contributed by atoms with van der Waals surface area (Å²) < 4.78 is 1.32. The average molecular weight is 276 g/mol. The van der Waals surface area contributed by atoms with Crippen LogP contribution in [0.4, 0.5) is 10.9 Å². The molecule has 0 aliphatic rings. The van der Waals surface area contributed by atoms with Gasteiger partial charge in [0, 0.05) is 0 Å². The van der Waals surface area contributed by atoms with Crippen LogP contribution in [0.5, 0.6) is 0 Å². The van der Waals surface area contributed by atoms with E-state index in [0.29, 0.717) is 10.1 Å². The normalized spacial score (nSPS) is 10.5. The molecule has 17 heavy (non-hydrogen) atoms. The van der Waals surface area contributed by atoms with Crippen molar-refractivity contribution >= 4 is 33.9 Å². The quantitative estimate of drug-likeness (QED) is 0.476. The number of rotatable bonds is 4. The second kappa shape index (κ2) is 4.61. The Hall–Kier alpha value is -1.78. The largest absolute Gasteiger partial charge is 0.408 e. The predicted molar refractivity (Wildman–Crippen MR) is 60.7 cm³/mol. The van der Waals surface area contributed by atoms with E-state index in [1.807, 2.05) is 0 Å². The number of nitrogens with zero attached hydrogens (tertiary/aromatic N) is 5. The molecule has 0 aromatic carbocycles. The number of halogens is 1. The first-order chi connectivity index (χ1) is 8.10. The number of hydrogen-bond donors (Lipinski definition) is 2. The molecule has 90 valence electrons. The smallest absolute Gasteiger partial charge is 0.358 e. The molecule has 0 aliphatic heterocycles. The van der Waals surface area contributed by atoms with Crippen LogP contribution in [0.3, 0.4) is 0 Å². The van der Waals surface area contributed by atoms with E-state index in [-0.39, 0.29) is 17.4 Å². The molecule has 0 aliphatic carbocycles. The topological polar surface area (TPSA) is 125 Å². The fraction of sp³-hybridized carbons (Fsp3) is 0.167. The van der Waals surface area contributed by atoms with Crippen LogP contribution < -0.4 is 11.3 Å². The third-order valence-corrected chi connectivity index (χ3v) is 2.87. The highest BCUT2D eigenvalue weighted by atomic mass is 35.5. The van der Waals surface area contributed by atoms with Crippen molar-refractivity contribution in [1.29, 1.82) is 0 Å². The molecule has 0 saturated heterocycles. The molecule has 2 aromatic heterocycles. The lowest BCUT2D eigenvalue weighted by atomic mass is 10.6. The number of nitrogen functional groups attached to an aromatic ring is 1. The van der Waals surface area contributed by atoms with Crippen LogP contribution in [0, 0.1) is 10.1 Å². The van der Waals surface area contributed by atoms with Gasteiger partial charge < -0.3 is 10.1 Å². The summed E-state index contributed by atoms with van der Waals surface area (Å²) in [4.78, 5) is 9.88. The first-order valence-electron chi connectivity index (χ1n) is 4.26. The monoisotopic (exact) mass is 275 g/mol. The number of anilines is 1. The summed E-state index contributed by atoms with van der Waals surface area (Å²) in [5, 5.41) is 22.8. The van der Waals surface area contributed by atoms with Crippen molar-refractivity contribution in [3.8, 4) is 0 Å². The van der Waals surface area contributed by atoms with Crippen LogP contribution in [-0.2, 0) is 6.54 Å². The molecule has 0 saturated carbocycles. The highest BCUT2D eigenvalue weighted by Gasteiger charge is 2.19. The van der Waals surface area contributed by atoms with Crippen molar-refractivity contribution in [2.24, 2.45) is 5.84 Å². The number of aromatic nitrogens is 4. The summed E-state index contributed by atoms with van der Waals surface area (Å²) in [5.74, 6) is 4.77. The third kappa shape index (κ3) is 2.49. The Balaban J connectivity index is 2.18. The highest BCUT2D eigenvalue weighted by Crippen LogP contribution is 2.22. The van der Waals surface area contributed by atoms with E-state index in [2.05, 4.69) is 20.7 Å². The minimum atomic E-state index is -0.647. The average Bonchev–Trinajstić information content (AvgIpc) is 2.85. The van der Waals surface area contributed by atoms with Gasteiger partial charge in [0.15, 0.2) is 5.02 Å². The standard InChI is InChI=1S/C6H6ClN7O2S/c7-3-1-13(12-5(3)14(15)16)2-4-10-11-6(9-8)17-4/h1H,2,8H2,(H,9,11). The molecule has 2 rings (SSSR count). The van der Waals surface area contributed by atoms with Gasteiger partial charge in [-0.05, 0) is 4.92 Å². The molecule has 0 amide bonds. The summed E-state index contributed by atoms with van der Waals surface area (Å²) in [6.07, 6.45) is 1.36. The van der Waals surface area contributed by atoms with Crippen LogP contribution in [0.2, 0.25) is 5.02 Å². The Morgan fingerprint density at radius 2 is 2.41 bits per heavy atom. The zero-order valence-electron chi connectivity index (χ0n) is 8.20. The van der Waals surface area contributed by atoms with Gasteiger partial charge in [-0.2, -0.15) is 4.68 Å². The van der Waals surface area contributed by atoms with E-state index in [9.17, 15) is 10.1 Å². The van der Waals surface area contributed by atoms with Gasteiger partial charge >= 0.3 is 5.82 Å². The van der Waals surface area contributed by atoms with Crippen molar-refractivity contribution < 1.29 is 4.92 Å². The molecular weight excluding hydrogens is 270 g/mol. The first-order valence-corrected chi connectivity index (χ1v) is 5.46. The van der Waals surface area contributed by atoms with E-state index in [0.717, 1.165) is 0 Å². The maximum atomic E-state index is 10.5. The van der Waals surface area contributed by atoms with Gasteiger partial charge in [0.25, 0.3) is 0 Å². The first kappa shape index (κ1) is 11.7. The Kier molecular flexibility index (Phi) is 3.17. The Labute approximate surface area is 103 Å². The molecule has 0 spiro atoms. The fourth-order valence-electron chi connectivity index (χ4n) is 1.11. The highest BCUT2D eigenvalue weighted by molar-refractivity contribution is 7.15. The molecule has 0 atom stereocenters. The lowest BCUT2D eigenvalue weighted by Gasteiger charge is -1.89. The Morgan fingerprint density at radius 1 is 1.65 bits per heavy atom. The van der Waals surface area contributed by atoms with Gasteiger partial charge in [0.05, 0.1) is 11.3 Å². The lowest BCUT2D eigenvalue weighted by Crippen LogP contribution is -2.05. The molecule has 9 nitrogen and oxygen atoms in total.